The van der Waals surface area contributed by atoms with Crippen LogP contribution in [0.4, 0.5) is 5.69 Å². The zero-order chi connectivity index (χ0) is 14.5. The van der Waals surface area contributed by atoms with Gasteiger partial charge in [0, 0.05) is 6.07 Å². The molecule has 1 fully saturated rings. The van der Waals surface area contributed by atoms with Crippen molar-refractivity contribution in [3.8, 4) is 5.75 Å². The Morgan fingerprint density at radius 2 is 1.90 bits per heavy atom. The van der Waals surface area contributed by atoms with E-state index in [0.717, 1.165) is 25.7 Å². The Hall–Kier alpha value is -1.91. The standard InChI is InChI=1S/C15H19NO4/c1-11(17)14-10-13(8-9-15(14)16(18)19)20-12-6-4-2-3-5-7-12/h8-10,12H,2-7H2,1H3. The van der Waals surface area contributed by atoms with Crippen molar-refractivity contribution in [1.29, 1.82) is 0 Å². The average molecular weight is 277 g/mol. The van der Waals surface area contributed by atoms with Gasteiger partial charge in [0.05, 0.1) is 16.6 Å². The molecule has 5 nitrogen and oxygen atoms in total. The minimum atomic E-state index is -0.536. The van der Waals surface area contributed by atoms with Crippen molar-refractivity contribution < 1.29 is 14.5 Å². The lowest BCUT2D eigenvalue weighted by molar-refractivity contribution is -0.385. The molecule has 1 aromatic rings. The molecule has 0 saturated heterocycles. The molecule has 0 heterocycles. The number of carbonyl (C=O) groups excluding carboxylic acids is 1. The van der Waals surface area contributed by atoms with Crippen LogP contribution < -0.4 is 4.74 Å². The van der Waals surface area contributed by atoms with Crippen LogP contribution in [0.15, 0.2) is 18.2 Å². The lowest BCUT2D eigenvalue weighted by Crippen LogP contribution is -2.15. The van der Waals surface area contributed by atoms with Gasteiger partial charge in [-0.2, -0.15) is 0 Å². The lowest BCUT2D eigenvalue weighted by Gasteiger charge is -2.17. The summed E-state index contributed by atoms with van der Waals surface area (Å²) < 4.78 is 5.89. The second kappa shape index (κ2) is 6.50. The van der Waals surface area contributed by atoms with Gasteiger partial charge in [0.25, 0.3) is 5.69 Å². The zero-order valence-electron chi connectivity index (χ0n) is 11.6. The summed E-state index contributed by atoms with van der Waals surface area (Å²) in [5.41, 5.74) is -0.0492. The van der Waals surface area contributed by atoms with E-state index in [9.17, 15) is 14.9 Å². The van der Waals surface area contributed by atoms with Crippen LogP contribution in [-0.2, 0) is 0 Å². The van der Waals surface area contributed by atoms with Gasteiger partial charge in [0.1, 0.15) is 5.75 Å². The number of nitrogens with zero attached hydrogens (tertiary/aromatic N) is 1. The van der Waals surface area contributed by atoms with Crippen LogP contribution in [0.3, 0.4) is 0 Å². The van der Waals surface area contributed by atoms with Crippen molar-refractivity contribution >= 4 is 11.5 Å². The molecule has 20 heavy (non-hydrogen) atoms. The molecule has 5 heteroatoms. The average Bonchev–Trinajstić information content (AvgIpc) is 2.67. The van der Waals surface area contributed by atoms with Crippen LogP contribution in [0.2, 0.25) is 0 Å². The number of hydrogen-bond donors (Lipinski definition) is 0. The predicted molar refractivity (Wildman–Crippen MR) is 75.2 cm³/mol. The van der Waals surface area contributed by atoms with Crippen LogP contribution >= 0.6 is 0 Å². The Labute approximate surface area is 118 Å². The monoisotopic (exact) mass is 277 g/mol. The first-order valence-corrected chi connectivity index (χ1v) is 7.04. The summed E-state index contributed by atoms with van der Waals surface area (Å²) in [5, 5.41) is 10.9. The van der Waals surface area contributed by atoms with Gasteiger partial charge in [-0.3, -0.25) is 14.9 Å². The van der Waals surface area contributed by atoms with Crippen molar-refractivity contribution in [2.45, 2.75) is 51.6 Å². The van der Waals surface area contributed by atoms with Crippen molar-refractivity contribution in [3.05, 3.63) is 33.9 Å². The van der Waals surface area contributed by atoms with E-state index in [0.29, 0.717) is 5.75 Å². The fourth-order valence-electron chi connectivity index (χ4n) is 2.58. The molecule has 0 atom stereocenters. The molecule has 1 aliphatic rings. The highest BCUT2D eigenvalue weighted by Crippen LogP contribution is 2.27. The van der Waals surface area contributed by atoms with Gasteiger partial charge in [-0.25, -0.2) is 0 Å². The number of rotatable bonds is 4. The highest BCUT2D eigenvalue weighted by Gasteiger charge is 2.20. The smallest absolute Gasteiger partial charge is 0.280 e. The first kappa shape index (κ1) is 14.5. The molecule has 0 bridgehead atoms. The first-order chi connectivity index (χ1) is 9.58. The van der Waals surface area contributed by atoms with Crippen LogP contribution in [-0.4, -0.2) is 16.8 Å². The van der Waals surface area contributed by atoms with E-state index in [4.69, 9.17) is 4.74 Å². The number of nitro benzene ring substituents is 1. The largest absolute Gasteiger partial charge is 0.490 e. The maximum atomic E-state index is 11.5. The van der Waals surface area contributed by atoms with E-state index < -0.39 is 4.92 Å². The molecule has 1 saturated carbocycles. The van der Waals surface area contributed by atoms with E-state index in [1.165, 1.54) is 31.9 Å². The normalized spacial score (nSPS) is 16.4. The maximum absolute atomic E-state index is 11.5. The Morgan fingerprint density at radius 1 is 1.25 bits per heavy atom. The quantitative estimate of drug-likeness (QED) is 0.362. The Morgan fingerprint density at radius 3 is 2.45 bits per heavy atom. The van der Waals surface area contributed by atoms with E-state index in [1.807, 2.05) is 0 Å². The van der Waals surface area contributed by atoms with Gasteiger partial charge in [0.2, 0.25) is 0 Å². The Kier molecular flexibility index (Phi) is 4.71. The van der Waals surface area contributed by atoms with Crippen molar-refractivity contribution in [2.24, 2.45) is 0 Å². The highest BCUT2D eigenvalue weighted by atomic mass is 16.6. The summed E-state index contributed by atoms with van der Waals surface area (Å²) in [5.74, 6) is 0.232. The summed E-state index contributed by atoms with van der Waals surface area (Å²) >= 11 is 0. The predicted octanol–water partition coefficient (Wildman–Crippen LogP) is 3.90. The molecule has 0 radical (unpaired) electrons. The molecule has 0 amide bonds. The molecule has 2 rings (SSSR count). The van der Waals surface area contributed by atoms with Crippen molar-refractivity contribution in [1.82, 2.24) is 0 Å². The molecule has 0 N–H and O–H groups in total. The number of hydrogen-bond acceptors (Lipinski definition) is 4. The summed E-state index contributed by atoms with van der Waals surface area (Å²) in [7, 11) is 0. The third kappa shape index (κ3) is 3.56. The number of benzene rings is 1. The zero-order valence-corrected chi connectivity index (χ0v) is 11.6. The molecular formula is C15H19NO4. The highest BCUT2D eigenvalue weighted by molar-refractivity contribution is 5.98. The maximum Gasteiger partial charge on any atom is 0.280 e. The minimum Gasteiger partial charge on any atom is -0.490 e. The fraction of sp³-hybridized carbons (Fsp3) is 0.533. The molecule has 0 spiro atoms. The molecule has 0 aromatic heterocycles. The van der Waals surface area contributed by atoms with Gasteiger partial charge >= 0.3 is 0 Å². The van der Waals surface area contributed by atoms with Gasteiger partial charge in [0.15, 0.2) is 5.78 Å². The van der Waals surface area contributed by atoms with E-state index in [1.54, 1.807) is 6.07 Å². The van der Waals surface area contributed by atoms with Crippen LogP contribution in [0.25, 0.3) is 0 Å². The molecule has 1 aromatic carbocycles. The second-order valence-corrected chi connectivity index (χ2v) is 5.22. The third-order valence-electron chi connectivity index (χ3n) is 3.65. The number of carbonyl (C=O) groups is 1. The number of Topliss-reactive ketones (excluding diaryl/α,β-unsaturated/α-hetero) is 1. The van der Waals surface area contributed by atoms with Crippen LogP contribution in [0.1, 0.15) is 55.8 Å². The van der Waals surface area contributed by atoms with E-state index >= 15 is 0 Å². The lowest BCUT2D eigenvalue weighted by atomic mass is 10.1. The molecule has 1 aliphatic carbocycles. The Bertz CT molecular complexity index is 505. The Balaban J connectivity index is 2.18. The number of nitro groups is 1. The topological polar surface area (TPSA) is 69.4 Å². The van der Waals surface area contributed by atoms with Gasteiger partial charge in [-0.15, -0.1) is 0 Å². The number of ether oxygens (including phenoxy) is 1. The van der Waals surface area contributed by atoms with Gasteiger partial charge < -0.3 is 4.74 Å². The van der Waals surface area contributed by atoms with Crippen LogP contribution in [0, 0.1) is 10.1 Å². The van der Waals surface area contributed by atoms with Crippen LogP contribution in [0.5, 0.6) is 5.75 Å². The molecular weight excluding hydrogens is 258 g/mol. The minimum absolute atomic E-state index is 0.112. The first-order valence-electron chi connectivity index (χ1n) is 7.04. The summed E-state index contributed by atoms with van der Waals surface area (Å²) in [6, 6.07) is 4.42. The molecule has 0 aliphatic heterocycles. The number of ketones is 1. The van der Waals surface area contributed by atoms with Crippen molar-refractivity contribution in [3.63, 3.8) is 0 Å². The second-order valence-electron chi connectivity index (χ2n) is 5.22. The molecule has 108 valence electrons. The summed E-state index contributed by atoms with van der Waals surface area (Å²) in [6.07, 6.45) is 6.93. The van der Waals surface area contributed by atoms with Gasteiger partial charge in [-0.1, -0.05) is 12.8 Å². The third-order valence-corrected chi connectivity index (χ3v) is 3.65. The van der Waals surface area contributed by atoms with Gasteiger partial charge in [-0.05, 0) is 44.7 Å². The SMILES string of the molecule is CC(=O)c1cc(OC2CCCCCC2)ccc1[N+](=O)[O-]. The van der Waals surface area contributed by atoms with Crippen molar-refractivity contribution in [2.75, 3.05) is 0 Å². The van der Waals surface area contributed by atoms with E-state index in [2.05, 4.69) is 0 Å². The molecule has 0 unspecified atom stereocenters. The fourth-order valence-corrected chi connectivity index (χ4v) is 2.58. The summed E-state index contributed by atoms with van der Waals surface area (Å²) in [4.78, 5) is 21.9. The van der Waals surface area contributed by atoms with E-state index in [-0.39, 0.29) is 23.1 Å². The summed E-state index contributed by atoms with van der Waals surface area (Å²) in [6.45, 7) is 1.33.